The predicted octanol–water partition coefficient (Wildman–Crippen LogP) is 7.78. The first-order chi connectivity index (χ1) is 26.7. The molecule has 2 aromatic carbocycles. The fourth-order valence-electron chi connectivity index (χ4n) is 5.59. The molecule has 0 saturated heterocycles. The number of hydrogen-bond donors (Lipinski definition) is 2. The average molecular weight is 800 g/mol. The highest BCUT2D eigenvalue weighted by Crippen LogP contribution is 2.32. The van der Waals surface area contributed by atoms with E-state index in [4.69, 9.17) is 28.3 Å². The Bertz CT molecular complexity index is 2410. The van der Waals surface area contributed by atoms with Crippen LogP contribution in [0.4, 0.5) is 13.2 Å². The first-order valence-electron chi connectivity index (χ1n) is 16.5. The molecule has 6 heterocycles. The molecule has 0 saturated carbocycles. The lowest BCUT2D eigenvalue weighted by atomic mass is 10.1. The van der Waals surface area contributed by atoms with Crippen LogP contribution < -0.4 is 5.32 Å². The zero-order valence-electron chi connectivity index (χ0n) is 29.0. The van der Waals surface area contributed by atoms with Gasteiger partial charge in [0.1, 0.15) is 5.69 Å². The van der Waals surface area contributed by atoms with Crippen molar-refractivity contribution < 1.29 is 37.5 Å². The van der Waals surface area contributed by atoms with E-state index in [1.54, 1.807) is 60.8 Å². The lowest BCUT2D eigenvalue weighted by Gasteiger charge is -2.14. The Morgan fingerprint density at radius 1 is 0.625 bits per heavy atom. The van der Waals surface area contributed by atoms with Crippen LogP contribution in [0.2, 0.25) is 10.0 Å². The van der Waals surface area contributed by atoms with Gasteiger partial charge in [0.05, 0.1) is 56.8 Å². The third-order valence-corrected chi connectivity index (χ3v) is 9.02. The van der Waals surface area contributed by atoms with E-state index in [2.05, 4.69) is 25.3 Å². The Morgan fingerprint density at radius 2 is 1.11 bits per heavy atom. The van der Waals surface area contributed by atoms with E-state index >= 15 is 0 Å². The van der Waals surface area contributed by atoms with Crippen molar-refractivity contribution in [1.29, 1.82) is 0 Å². The van der Waals surface area contributed by atoms with E-state index < -0.39 is 11.9 Å². The highest BCUT2D eigenvalue weighted by atomic mass is 35.5. The van der Waals surface area contributed by atoms with Gasteiger partial charge in [0.15, 0.2) is 0 Å². The summed E-state index contributed by atoms with van der Waals surface area (Å²) in [6, 6.07) is 22.8. The fraction of sp³-hybridized carbons (Fsp3) is 0.100. The number of alkyl halides is 3. The zero-order valence-corrected chi connectivity index (χ0v) is 30.5. The molecule has 0 spiro atoms. The number of carbonyl (C=O) groups is 4. The standard InChI is InChI=1S/C20H14ClN3O2.C12H8ClF3N2O.C8H5NO2/c1-12-6-7-13(9-22-12)17-8-14(23-10-18(17)21)11-24-19(25)15-4-2-3-5-16(15)20(24)26;13-10-5-17-8(6-19)3-9(10)7-1-2-11(18-4-7)12(14,15)16;10-7-5-3-1-2-4-6(5)8(11)9-7/h2-10H,11H2,1H3;1-5,19H,6H2;1-4H,(H,9,10,11). The van der Waals surface area contributed by atoms with Crippen molar-refractivity contribution >= 4 is 46.8 Å². The molecule has 16 heteroatoms. The molecule has 8 rings (SSSR count). The molecule has 0 fully saturated rings. The van der Waals surface area contributed by atoms with E-state index in [9.17, 15) is 32.3 Å². The summed E-state index contributed by atoms with van der Waals surface area (Å²) in [5, 5.41) is 11.9. The van der Waals surface area contributed by atoms with Crippen LogP contribution in [0.3, 0.4) is 0 Å². The fourth-order valence-corrected chi connectivity index (χ4v) is 6.01. The molecule has 2 N–H and O–H groups in total. The predicted molar refractivity (Wildman–Crippen MR) is 200 cm³/mol. The van der Waals surface area contributed by atoms with E-state index in [0.29, 0.717) is 49.8 Å². The molecule has 4 aromatic heterocycles. The molecule has 2 aliphatic rings. The maximum absolute atomic E-state index is 12.5. The van der Waals surface area contributed by atoms with Gasteiger partial charge in [0, 0.05) is 52.7 Å². The Hall–Kier alpha value is -6.35. The first kappa shape index (κ1) is 39.3. The summed E-state index contributed by atoms with van der Waals surface area (Å²) in [5.41, 5.74) is 5.20. The van der Waals surface area contributed by atoms with Gasteiger partial charge in [-0.25, -0.2) is 0 Å². The van der Waals surface area contributed by atoms with Crippen LogP contribution in [0, 0.1) is 6.92 Å². The monoisotopic (exact) mass is 798 g/mol. The summed E-state index contributed by atoms with van der Waals surface area (Å²) in [6.07, 6.45) is 1.22. The minimum absolute atomic E-state index is 0.0931. The number of fused-ring (bicyclic) bond motifs is 2. The molecule has 4 amide bonds. The molecule has 282 valence electrons. The minimum atomic E-state index is -4.48. The van der Waals surface area contributed by atoms with E-state index in [1.807, 2.05) is 19.1 Å². The number of benzene rings is 2. The number of pyridine rings is 4. The summed E-state index contributed by atoms with van der Waals surface area (Å²) in [4.78, 5) is 63.9. The molecule has 56 heavy (non-hydrogen) atoms. The van der Waals surface area contributed by atoms with Gasteiger partial charge in [-0.3, -0.25) is 49.3 Å². The summed E-state index contributed by atoms with van der Waals surface area (Å²) in [5.74, 6) is -1.21. The van der Waals surface area contributed by atoms with Crippen molar-refractivity contribution in [3.63, 3.8) is 0 Å². The van der Waals surface area contributed by atoms with Gasteiger partial charge < -0.3 is 5.11 Å². The Balaban J connectivity index is 0.000000155. The van der Waals surface area contributed by atoms with Gasteiger partial charge in [0.2, 0.25) is 0 Å². The molecular weight excluding hydrogens is 772 g/mol. The molecule has 0 atom stereocenters. The summed E-state index contributed by atoms with van der Waals surface area (Å²) >= 11 is 12.2. The second kappa shape index (κ2) is 16.6. The van der Waals surface area contributed by atoms with E-state index in [0.717, 1.165) is 29.1 Å². The first-order valence-corrected chi connectivity index (χ1v) is 17.3. The van der Waals surface area contributed by atoms with E-state index in [-0.39, 0.29) is 41.8 Å². The molecule has 0 radical (unpaired) electrons. The van der Waals surface area contributed by atoms with Crippen molar-refractivity contribution in [2.75, 3.05) is 0 Å². The van der Waals surface area contributed by atoms with Crippen molar-refractivity contribution in [3.05, 3.63) is 165 Å². The van der Waals surface area contributed by atoms with Gasteiger partial charge in [-0.2, -0.15) is 13.2 Å². The number of aryl methyl sites for hydroxylation is 1. The third kappa shape index (κ3) is 8.62. The summed E-state index contributed by atoms with van der Waals surface area (Å²) in [7, 11) is 0. The highest BCUT2D eigenvalue weighted by Gasteiger charge is 2.35. The van der Waals surface area contributed by atoms with Crippen LogP contribution in [-0.4, -0.2) is 53.6 Å². The van der Waals surface area contributed by atoms with Crippen LogP contribution in [0.5, 0.6) is 0 Å². The van der Waals surface area contributed by atoms with Gasteiger partial charge in [-0.15, -0.1) is 0 Å². The number of nitrogens with zero attached hydrogens (tertiary/aromatic N) is 5. The number of aliphatic hydroxyl groups excluding tert-OH is 1. The number of halogens is 5. The highest BCUT2D eigenvalue weighted by molar-refractivity contribution is 6.33. The molecule has 11 nitrogen and oxygen atoms in total. The van der Waals surface area contributed by atoms with Crippen LogP contribution >= 0.6 is 23.2 Å². The smallest absolute Gasteiger partial charge is 0.390 e. The largest absolute Gasteiger partial charge is 0.433 e. The maximum atomic E-state index is 12.5. The zero-order chi connectivity index (χ0) is 40.1. The van der Waals surface area contributed by atoms with E-state index in [1.165, 1.54) is 29.4 Å². The molecule has 0 aliphatic carbocycles. The summed E-state index contributed by atoms with van der Waals surface area (Å²) in [6.45, 7) is 1.72. The van der Waals surface area contributed by atoms with Gasteiger partial charge in [0.25, 0.3) is 23.6 Å². The number of carbonyl (C=O) groups excluding carboxylic acids is 4. The van der Waals surface area contributed by atoms with Gasteiger partial charge in [-0.1, -0.05) is 59.6 Å². The number of amides is 4. The Labute approximate surface area is 326 Å². The van der Waals surface area contributed by atoms with Crippen molar-refractivity contribution in [2.24, 2.45) is 0 Å². The molecule has 0 unspecified atom stereocenters. The van der Waals surface area contributed by atoms with Gasteiger partial charge in [-0.05, 0) is 55.5 Å². The van der Waals surface area contributed by atoms with Gasteiger partial charge >= 0.3 is 6.18 Å². The number of rotatable bonds is 5. The molecule has 2 aliphatic heterocycles. The molecular formula is C40H27Cl2F3N6O5. The van der Waals surface area contributed by atoms with Crippen LogP contribution in [0.15, 0.2) is 110 Å². The second-order valence-corrected chi connectivity index (χ2v) is 13.0. The maximum Gasteiger partial charge on any atom is 0.433 e. The summed E-state index contributed by atoms with van der Waals surface area (Å²) < 4.78 is 37.2. The Morgan fingerprint density at radius 3 is 1.57 bits per heavy atom. The number of aliphatic hydroxyl groups is 1. The van der Waals surface area contributed by atoms with Crippen LogP contribution in [-0.2, 0) is 19.3 Å². The average Bonchev–Trinajstić information content (AvgIpc) is 3.62. The topological polar surface area (TPSA) is 155 Å². The van der Waals surface area contributed by atoms with Crippen molar-refractivity contribution in [3.8, 4) is 22.3 Å². The van der Waals surface area contributed by atoms with Crippen molar-refractivity contribution in [1.82, 2.24) is 30.2 Å². The lowest BCUT2D eigenvalue weighted by Crippen LogP contribution is -2.29. The normalized spacial score (nSPS) is 12.9. The minimum Gasteiger partial charge on any atom is -0.390 e. The molecule has 6 aromatic rings. The SMILES string of the molecule is Cc1ccc(-c2cc(CN3C(=O)c4ccccc4C3=O)ncc2Cl)cn1.O=C1NC(=O)c2ccccc21.OCc1cc(-c2ccc(C(F)(F)F)nc2)c(Cl)cn1. The van der Waals surface area contributed by atoms with Crippen LogP contribution in [0.25, 0.3) is 22.3 Å². The molecule has 0 bridgehead atoms. The number of imide groups is 2. The quantitative estimate of drug-likeness (QED) is 0.166. The van der Waals surface area contributed by atoms with Crippen LogP contribution in [0.1, 0.15) is 64.2 Å². The number of aromatic nitrogens is 4. The Kier molecular flexibility index (Phi) is 11.6. The number of hydrogen-bond acceptors (Lipinski definition) is 9. The third-order valence-electron chi connectivity index (χ3n) is 8.41. The van der Waals surface area contributed by atoms with Crippen molar-refractivity contribution in [2.45, 2.75) is 26.3 Å². The lowest BCUT2D eigenvalue weighted by molar-refractivity contribution is -0.141. The second-order valence-electron chi connectivity index (χ2n) is 12.2. The number of nitrogens with one attached hydrogen (secondary N) is 1.